The van der Waals surface area contributed by atoms with E-state index in [9.17, 15) is 9.59 Å². The van der Waals surface area contributed by atoms with Crippen molar-refractivity contribution in [1.29, 1.82) is 0 Å². The highest BCUT2D eigenvalue weighted by atomic mass is 16.2. The number of imide groups is 1. The topological polar surface area (TPSA) is 53.2 Å². The summed E-state index contributed by atoms with van der Waals surface area (Å²) in [7, 11) is 0. The summed E-state index contributed by atoms with van der Waals surface area (Å²) >= 11 is 0. The molecule has 2 amide bonds. The van der Waals surface area contributed by atoms with Gasteiger partial charge in [-0.1, -0.05) is 11.6 Å². The van der Waals surface area contributed by atoms with E-state index in [0.29, 0.717) is 13.0 Å². The van der Waals surface area contributed by atoms with Gasteiger partial charge < -0.3 is 4.98 Å². The largest absolute Gasteiger partial charge is 0.361 e. The van der Waals surface area contributed by atoms with Crippen molar-refractivity contribution in [3.8, 4) is 0 Å². The Morgan fingerprint density at radius 3 is 2.78 bits per heavy atom. The number of β-lactam (4-membered cyclic amide) rings is 2. The lowest BCUT2D eigenvalue weighted by molar-refractivity contribution is -0.157. The van der Waals surface area contributed by atoms with Crippen LogP contribution in [0.25, 0.3) is 10.9 Å². The third-order valence-electron chi connectivity index (χ3n) is 3.43. The van der Waals surface area contributed by atoms with Gasteiger partial charge in [-0.2, -0.15) is 0 Å². The summed E-state index contributed by atoms with van der Waals surface area (Å²) in [6, 6.07) is 6.24. The molecule has 4 nitrogen and oxygen atoms in total. The number of likely N-dealkylation sites (tertiary alicyclic amines) is 1. The number of aromatic nitrogens is 1. The van der Waals surface area contributed by atoms with Gasteiger partial charge in [-0.3, -0.25) is 14.5 Å². The molecule has 1 aromatic heterocycles. The molecule has 0 unspecified atom stereocenters. The molecule has 1 aliphatic heterocycles. The molecule has 0 radical (unpaired) electrons. The quantitative estimate of drug-likeness (QED) is 0.659. The number of aryl methyl sites for hydroxylation is 1. The number of amides is 2. The van der Waals surface area contributed by atoms with E-state index < -0.39 is 0 Å². The van der Waals surface area contributed by atoms with Gasteiger partial charge in [0.25, 0.3) is 0 Å². The van der Waals surface area contributed by atoms with Gasteiger partial charge >= 0.3 is 0 Å². The maximum atomic E-state index is 11.2. The number of fused-ring (bicyclic) bond motifs is 1. The molecule has 1 saturated heterocycles. The average Bonchev–Trinajstić information content (AvgIpc) is 2.72. The highest BCUT2D eigenvalue weighted by Crippen LogP contribution is 2.21. The number of hydrogen-bond donors (Lipinski definition) is 1. The number of aromatic amines is 1. The van der Waals surface area contributed by atoms with Crippen LogP contribution >= 0.6 is 0 Å². The number of hydrogen-bond acceptors (Lipinski definition) is 2. The molecule has 1 fully saturated rings. The SMILES string of the molecule is Cc1ccc2[nH]cc(CCN3C(=O)CC3=O)c2c1. The lowest BCUT2D eigenvalue weighted by Crippen LogP contribution is -2.49. The fraction of sp³-hybridized carbons (Fsp3) is 0.286. The lowest BCUT2D eigenvalue weighted by Gasteiger charge is -2.28. The van der Waals surface area contributed by atoms with Gasteiger partial charge in [0, 0.05) is 23.6 Å². The molecule has 0 saturated carbocycles. The molecule has 0 bridgehead atoms. The van der Waals surface area contributed by atoms with Gasteiger partial charge in [0.05, 0.1) is 0 Å². The second-order valence-electron chi connectivity index (χ2n) is 4.73. The van der Waals surface area contributed by atoms with Crippen LogP contribution < -0.4 is 0 Å². The number of H-pyrrole nitrogens is 1. The number of carbonyl (C=O) groups is 2. The van der Waals surface area contributed by atoms with E-state index in [4.69, 9.17) is 0 Å². The van der Waals surface area contributed by atoms with E-state index in [-0.39, 0.29) is 18.2 Å². The molecule has 2 aromatic rings. The van der Waals surface area contributed by atoms with Crippen LogP contribution in [-0.2, 0) is 16.0 Å². The molecule has 3 rings (SSSR count). The molecular weight excluding hydrogens is 228 g/mol. The number of carbonyl (C=O) groups excluding carboxylic acids is 2. The maximum absolute atomic E-state index is 11.2. The minimum absolute atomic E-state index is 0.0592. The molecule has 0 aliphatic carbocycles. The van der Waals surface area contributed by atoms with Crippen molar-refractivity contribution in [2.24, 2.45) is 0 Å². The lowest BCUT2D eigenvalue weighted by atomic mass is 10.1. The minimum atomic E-state index is -0.0592. The van der Waals surface area contributed by atoms with Crippen LogP contribution in [0.4, 0.5) is 0 Å². The standard InChI is InChI=1S/C14H14N2O2/c1-9-2-3-12-11(6-9)10(8-15-12)4-5-16-13(17)7-14(16)18/h2-3,6,8,15H,4-5,7H2,1H3. The van der Waals surface area contributed by atoms with Crippen molar-refractivity contribution in [3.63, 3.8) is 0 Å². The zero-order valence-corrected chi connectivity index (χ0v) is 10.2. The molecule has 1 aromatic carbocycles. The first-order valence-electron chi connectivity index (χ1n) is 6.05. The molecular formula is C14H14N2O2. The van der Waals surface area contributed by atoms with Crippen molar-refractivity contribution >= 4 is 22.7 Å². The molecule has 1 N–H and O–H groups in total. The maximum Gasteiger partial charge on any atom is 0.238 e. The van der Waals surface area contributed by atoms with Gasteiger partial charge in [-0.25, -0.2) is 0 Å². The van der Waals surface area contributed by atoms with Crippen LogP contribution in [0.1, 0.15) is 17.5 Å². The summed E-state index contributed by atoms with van der Waals surface area (Å²) in [6.45, 7) is 2.54. The summed E-state index contributed by atoms with van der Waals surface area (Å²) in [5.74, 6) is -0.118. The highest BCUT2D eigenvalue weighted by molar-refractivity contribution is 6.14. The Hall–Kier alpha value is -2.10. The predicted octanol–water partition coefficient (Wildman–Crippen LogP) is 1.78. The average molecular weight is 242 g/mol. The Morgan fingerprint density at radius 2 is 2.06 bits per heavy atom. The van der Waals surface area contributed by atoms with Gasteiger partial charge in [0.15, 0.2) is 0 Å². The molecule has 92 valence electrons. The van der Waals surface area contributed by atoms with E-state index in [0.717, 1.165) is 11.1 Å². The Kier molecular flexibility index (Phi) is 2.44. The minimum Gasteiger partial charge on any atom is -0.361 e. The Labute approximate surface area is 105 Å². The normalized spacial score (nSPS) is 15.3. The molecule has 0 atom stereocenters. The van der Waals surface area contributed by atoms with Crippen molar-refractivity contribution in [2.75, 3.05) is 6.54 Å². The predicted molar refractivity (Wildman–Crippen MR) is 68.1 cm³/mol. The van der Waals surface area contributed by atoms with E-state index >= 15 is 0 Å². The fourth-order valence-electron chi connectivity index (χ4n) is 2.35. The summed E-state index contributed by atoms with van der Waals surface area (Å²) in [5, 5.41) is 1.18. The molecule has 4 heteroatoms. The number of nitrogens with one attached hydrogen (secondary N) is 1. The smallest absolute Gasteiger partial charge is 0.238 e. The first-order chi connectivity index (χ1) is 8.65. The third-order valence-corrected chi connectivity index (χ3v) is 3.43. The highest BCUT2D eigenvalue weighted by Gasteiger charge is 2.33. The molecule has 18 heavy (non-hydrogen) atoms. The van der Waals surface area contributed by atoms with E-state index in [1.54, 1.807) is 0 Å². The first-order valence-corrected chi connectivity index (χ1v) is 6.05. The monoisotopic (exact) mass is 242 g/mol. The van der Waals surface area contributed by atoms with E-state index in [1.165, 1.54) is 15.8 Å². The summed E-state index contributed by atoms with van der Waals surface area (Å²) < 4.78 is 0. The van der Waals surface area contributed by atoms with Gasteiger partial charge in [-0.15, -0.1) is 0 Å². The van der Waals surface area contributed by atoms with Crippen LogP contribution in [-0.4, -0.2) is 28.2 Å². The molecule has 1 aliphatic rings. The van der Waals surface area contributed by atoms with Gasteiger partial charge in [0.2, 0.25) is 11.8 Å². The summed E-state index contributed by atoms with van der Waals surface area (Å²) in [6.07, 6.45) is 2.74. The Bertz CT molecular complexity index is 628. The Morgan fingerprint density at radius 1 is 1.28 bits per heavy atom. The van der Waals surface area contributed by atoms with Crippen molar-refractivity contribution in [2.45, 2.75) is 19.8 Å². The van der Waals surface area contributed by atoms with Crippen molar-refractivity contribution in [1.82, 2.24) is 9.88 Å². The summed E-state index contributed by atoms with van der Waals surface area (Å²) in [4.78, 5) is 27.0. The van der Waals surface area contributed by atoms with E-state index in [2.05, 4.69) is 24.0 Å². The second kappa shape index (κ2) is 3.98. The van der Waals surface area contributed by atoms with Gasteiger partial charge in [0.1, 0.15) is 6.42 Å². The number of rotatable bonds is 3. The summed E-state index contributed by atoms with van der Waals surface area (Å²) in [5.41, 5.74) is 3.46. The first kappa shape index (κ1) is 11.0. The van der Waals surface area contributed by atoms with Crippen LogP contribution in [0, 0.1) is 6.92 Å². The van der Waals surface area contributed by atoms with Crippen LogP contribution in [0.2, 0.25) is 0 Å². The number of benzene rings is 1. The van der Waals surface area contributed by atoms with Crippen molar-refractivity contribution < 1.29 is 9.59 Å². The van der Waals surface area contributed by atoms with Crippen LogP contribution in [0.15, 0.2) is 24.4 Å². The zero-order valence-electron chi connectivity index (χ0n) is 10.2. The Balaban J connectivity index is 1.80. The van der Waals surface area contributed by atoms with Crippen LogP contribution in [0.3, 0.4) is 0 Å². The second-order valence-corrected chi connectivity index (χ2v) is 4.73. The number of nitrogens with zero attached hydrogens (tertiary/aromatic N) is 1. The van der Waals surface area contributed by atoms with Crippen molar-refractivity contribution in [3.05, 3.63) is 35.5 Å². The fourth-order valence-corrected chi connectivity index (χ4v) is 2.35. The molecule has 2 heterocycles. The van der Waals surface area contributed by atoms with Crippen LogP contribution in [0.5, 0.6) is 0 Å². The zero-order chi connectivity index (χ0) is 12.7. The molecule has 0 spiro atoms. The van der Waals surface area contributed by atoms with E-state index in [1.807, 2.05) is 12.3 Å². The van der Waals surface area contributed by atoms with Gasteiger partial charge in [-0.05, 0) is 31.0 Å². The third kappa shape index (κ3) is 1.70.